The Morgan fingerprint density at radius 3 is 2.25 bits per heavy atom. The predicted octanol–water partition coefficient (Wildman–Crippen LogP) is 5.20. The lowest BCUT2D eigenvalue weighted by atomic mass is 9.43. The quantitative estimate of drug-likeness (QED) is 0.419. The van der Waals surface area contributed by atoms with Crippen LogP contribution < -0.4 is 5.73 Å². The number of nitrogens with zero attached hydrogens (tertiary/aromatic N) is 2. The molecule has 13 atom stereocenters. The second-order valence-corrected chi connectivity index (χ2v) is 18.6. The Hall–Kier alpha value is -1.62. The van der Waals surface area contributed by atoms with Crippen LogP contribution in [0.3, 0.4) is 0 Å². The van der Waals surface area contributed by atoms with E-state index < -0.39 is 11.6 Å². The van der Waals surface area contributed by atoms with Crippen molar-refractivity contribution < 1.29 is 33.6 Å². The van der Waals surface area contributed by atoms with E-state index >= 15 is 0 Å². The van der Waals surface area contributed by atoms with Gasteiger partial charge in [0.15, 0.2) is 0 Å². The smallest absolute Gasteiger partial charge is 0.410 e. The van der Waals surface area contributed by atoms with E-state index in [4.69, 9.17) is 24.7 Å². The molecule has 3 saturated heterocycles. The number of morpholine rings is 1. The number of aliphatic hydroxyl groups is 1. The van der Waals surface area contributed by atoms with Crippen molar-refractivity contribution in [2.45, 2.75) is 135 Å². The Labute approximate surface area is 287 Å². The summed E-state index contributed by atoms with van der Waals surface area (Å²) in [6, 6.07) is 0. The Morgan fingerprint density at radius 1 is 0.917 bits per heavy atom. The molecule has 8 fully saturated rings. The van der Waals surface area contributed by atoms with Gasteiger partial charge < -0.3 is 39.6 Å². The molecule has 270 valence electrons. The van der Waals surface area contributed by atoms with Crippen LogP contribution in [0.25, 0.3) is 0 Å². The molecule has 2 amide bonds. The normalized spacial score (nSPS) is 49.4. The third-order valence-corrected chi connectivity index (χ3v) is 16.1. The van der Waals surface area contributed by atoms with Crippen LogP contribution in [0.1, 0.15) is 99.3 Å². The molecular weight excluding hydrogens is 610 g/mol. The topological polar surface area (TPSA) is 124 Å². The van der Waals surface area contributed by atoms with Crippen molar-refractivity contribution >= 4 is 12.2 Å². The zero-order valence-corrected chi connectivity index (χ0v) is 30.2. The third-order valence-electron chi connectivity index (χ3n) is 16.1. The molecule has 5 aliphatic carbocycles. The maximum atomic E-state index is 13.2. The van der Waals surface area contributed by atoms with Gasteiger partial charge in [-0.1, -0.05) is 41.5 Å². The number of ether oxygens (including phenoxy) is 4. The largest absolute Gasteiger partial charge is 0.446 e. The number of nitrogens with two attached hydrogens (primary N) is 1. The maximum absolute atomic E-state index is 13.2. The first-order valence-electron chi connectivity index (χ1n) is 19.3. The molecule has 2 spiro atoms. The number of hydrogen-bond acceptors (Lipinski definition) is 8. The minimum atomic E-state index is -0.771. The number of carbonyl (C=O) groups excluding carboxylic acids is 2. The van der Waals surface area contributed by atoms with E-state index in [9.17, 15) is 14.7 Å². The lowest BCUT2D eigenvalue weighted by molar-refractivity contribution is -0.180. The SMILES string of the molecule is CC(C)[C@@H](OC(=O)N1CCC1)C1C[C@@H](C)[C@H]2C(O1)[C@H](O)[C@@]1(N)C3CC[C@H]4C(C)(C)[C@@H](OC(=O)N5CCOCC5)CCC45C[C@@]35CC[C@]21C. The lowest BCUT2D eigenvalue weighted by Gasteiger charge is -2.63. The molecule has 10 heteroatoms. The summed E-state index contributed by atoms with van der Waals surface area (Å²) >= 11 is 0. The monoisotopic (exact) mass is 671 g/mol. The van der Waals surface area contributed by atoms with Crippen molar-refractivity contribution in [2.24, 2.45) is 57.0 Å². The van der Waals surface area contributed by atoms with E-state index in [1.165, 1.54) is 6.42 Å². The number of rotatable bonds is 4. The molecule has 4 unspecified atom stereocenters. The van der Waals surface area contributed by atoms with Crippen molar-refractivity contribution in [3.63, 3.8) is 0 Å². The van der Waals surface area contributed by atoms with Crippen LogP contribution in [0.4, 0.5) is 9.59 Å². The molecular formula is C38H61N3O7. The fraction of sp³-hybridized carbons (Fsp3) is 0.947. The van der Waals surface area contributed by atoms with E-state index in [1.807, 2.05) is 0 Å². The zero-order chi connectivity index (χ0) is 34.0. The number of likely N-dealkylation sites (tertiary alicyclic amines) is 1. The molecule has 48 heavy (non-hydrogen) atoms. The van der Waals surface area contributed by atoms with E-state index in [1.54, 1.807) is 9.80 Å². The van der Waals surface area contributed by atoms with Gasteiger partial charge in [-0.05, 0) is 104 Å². The summed E-state index contributed by atoms with van der Waals surface area (Å²) in [5.74, 6) is 1.23. The van der Waals surface area contributed by atoms with Gasteiger partial charge in [0.25, 0.3) is 0 Å². The molecule has 10 nitrogen and oxygen atoms in total. The van der Waals surface area contributed by atoms with E-state index in [2.05, 4.69) is 41.5 Å². The van der Waals surface area contributed by atoms with Crippen molar-refractivity contribution in [2.75, 3.05) is 39.4 Å². The van der Waals surface area contributed by atoms with Gasteiger partial charge in [0.2, 0.25) is 0 Å². The molecule has 8 aliphatic rings. The highest BCUT2D eigenvalue weighted by molar-refractivity contribution is 5.69. The van der Waals surface area contributed by atoms with Gasteiger partial charge in [0.05, 0.1) is 37.1 Å². The number of fused-ring (bicyclic) bond motifs is 4. The summed E-state index contributed by atoms with van der Waals surface area (Å²) in [6.07, 6.45) is 6.81. The average molecular weight is 672 g/mol. The lowest BCUT2D eigenvalue weighted by Crippen LogP contribution is -2.70. The van der Waals surface area contributed by atoms with Crippen molar-refractivity contribution in [3.8, 4) is 0 Å². The first-order valence-corrected chi connectivity index (χ1v) is 19.3. The van der Waals surface area contributed by atoms with Gasteiger partial charge in [-0.15, -0.1) is 0 Å². The first kappa shape index (κ1) is 33.5. The zero-order valence-electron chi connectivity index (χ0n) is 30.2. The minimum absolute atomic E-state index is 0.101. The minimum Gasteiger partial charge on any atom is -0.446 e. The first-order chi connectivity index (χ1) is 22.7. The molecule has 0 aromatic rings. The summed E-state index contributed by atoms with van der Waals surface area (Å²) in [5, 5.41) is 12.5. The third kappa shape index (κ3) is 4.36. The van der Waals surface area contributed by atoms with Crippen molar-refractivity contribution in [1.82, 2.24) is 9.80 Å². The van der Waals surface area contributed by atoms with Gasteiger partial charge in [0.1, 0.15) is 12.2 Å². The highest BCUT2D eigenvalue weighted by Gasteiger charge is 2.85. The molecule has 8 rings (SSSR count). The fourth-order valence-corrected chi connectivity index (χ4v) is 13.6. The van der Waals surface area contributed by atoms with Crippen LogP contribution in [0, 0.1) is 51.2 Å². The molecule has 0 bridgehead atoms. The van der Waals surface area contributed by atoms with Crippen LogP contribution in [0.15, 0.2) is 0 Å². The summed E-state index contributed by atoms with van der Waals surface area (Å²) in [7, 11) is 0. The molecule has 3 N–H and O–H groups in total. The fourth-order valence-electron chi connectivity index (χ4n) is 13.6. The number of carbonyl (C=O) groups is 2. The Balaban J connectivity index is 1.03. The summed E-state index contributed by atoms with van der Waals surface area (Å²) in [6.45, 7) is 17.4. The van der Waals surface area contributed by atoms with Crippen LogP contribution in [0.5, 0.6) is 0 Å². The molecule has 0 aromatic heterocycles. The Kier molecular flexibility index (Phi) is 7.81. The van der Waals surface area contributed by atoms with Gasteiger partial charge in [-0.2, -0.15) is 0 Å². The van der Waals surface area contributed by atoms with Crippen molar-refractivity contribution in [3.05, 3.63) is 0 Å². The van der Waals surface area contributed by atoms with Crippen molar-refractivity contribution in [1.29, 1.82) is 0 Å². The predicted molar refractivity (Wildman–Crippen MR) is 179 cm³/mol. The Morgan fingerprint density at radius 2 is 1.58 bits per heavy atom. The van der Waals surface area contributed by atoms with Crippen LogP contribution >= 0.6 is 0 Å². The second kappa shape index (κ2) is 11.2. The van der Waals surface area contributed by atoms with Gasteiger partial charge in [-0.25, -0.2) is 9.59 Å². The average Bonchev–Trinajstić information content (AvgIpc) is 3.65. The number of amides is 2. The maximum Gasteiger partial charge on any atom is 0.410 e. The van der Waals surface area contributed by atoms with Gasteiger partial charge in [-0.3, -0.25) is 0 Å². The highest BCUT2D eigenvalue weighted by atomic mass is 16.6. The van der Waals surface area contributed by atoms with E-state index in [0.29, 0.717) is 32.2 Å². The van der Waals surface area contributed by atoms with Crippen LogP contribution in [-0.4, -0.2) is 103 Å². The molecule has 0 aromatic carbocycles. The highest BCUT2D eigenvalue weighted by Crippen LogP contribution is 2.87. The van der Waals surface area contributed by atoms with E-state index in [0.717, 1.165) is 64.5 Å². The molecule has 0 radical (unpaired) electrons. The van der Waals surface area contributed by atoms with E-state index in [-0.39, 0.29) is 81.9 Å². The summed E-state index contributed by atoms with van der Waals surface area (Å²) in [5.41, 5.74) is 6.99. The van der Waals surface area contributed by atoms with Crippen LogP contribution in [0.2, 0.25) is 0 Å². The second-order valence-electron chi connectivity index (χ2n) is 18.6. The Bertz CT molecular complexity index is 1300. The van der Waals surface area contributed by atoms with Gasteiger partial charge in [0, 0.05) is 31.6 Å². The standard InChI is InChI=1S/C38H61N3O7/c1-22(2)29(48-33(44)40-14-7-15-40)24-20-23(3)28-30(46-24)31(42)38(39)26-9-8-25-34(4,5)27(47-32(43)41-16-18-45-19-17-41)10-11-36(25)21-37(26,36)13-12-35(28,38)6/h22-31,42H,7-21,39H2,1-6H3/t23-,24?,25+,26?,27+,28+,29-,30?,31+,35-,36?,37+,38+/m1/s1. The summed E-state index contributed by atoms with van der Waals surface area (Å²) in [4.78, 5) is 29.7. The van der Waals surface area contributed by atoms with Crippen LogP contribution in [-0.2, 0) is 18.9 Å². The van der Waals surface area contributed by atoms with Gasteiger partial charge >= 0.3 is 12.2 Å². The number of hydrogen-bond donors (Lipinski definition) is 2. The molecule has 3 heterocycles. The summed E-state index contributed by atoms with van der Waals surface area (Å²) < 4.78 is 24.8. The molecule has 5 saturated carbocycles. The number of aliphatic hydroxyl groups excluding tert-OH is 1. The molecule has 3 aliphatic heterocycles.